The van der Waals surface area contributed by atoms with Crippen molar-refractivity contribution in [2.75, 3.05) is 24.6 Å². The molecule has 1 aliphatic rings. The Hall–Kier alpha value is -0.650. The van der Waals surface area contributed by atoms with Crippen LogP contribution in [0.3, 0.4) is 0 Å². The Kier molecular flexibility index (Phi) is 5.60. The lowest BCUT2D eigenvalue weighted by molar-refractivity contribution is 0.0459. The predicted octanol–water partition coefficient (Wildman–Crippen LogP) is 2.59. The molecule has 0 saturated carbocycles. The predicted molar refractivity (Wildman–Crippen MR) is 78.9 cm³/mol. The second-order valence-electron chi connectivity index (χ2n) is 4.92. The monoisotopic (exact) mass is 284 g/mol. The van der Waals surface area contributed by atoms with Gasteiger partial charge in [0.2, 0.25) is 0 Å². The molecule has 1 aromatic rings. The quantitative estimate of drug-likeness (QED) is 0.872. The summed E-state index contributed by atoms with van der Waals surface area (Å²) in [5.41, 5.74) is 1.08. The topological polar surface area (TPSA) is 45.6 Å². The second-order valence-corrected chi connectivity index (χ2v) is 5.98. The van der Waals surface area contributed by atoms with Gasteiger partial charge in [-0.05, 0) is 26.2 Å². The zero-order valence-electron chi connectivity index (χ0n) is 11.9. The minimum absolute atomic E-state index is 0.114. The van der Waals surface area contributed by atoms with Crippen LogP contribution in [-0.4, -0.2) is 35.9 Å². The van der Waals surface area contributed by atoms with Crippen LogP contribution in [0.15, 0.2) is 0 Å². The van der Waals surface area contributed by atoms with Crippen LogP contribution < -0.4 is 4.90 Å². The molecule has 2 rings (SSSR count). The Balaban J connectivity index is 1.99. The first-order valence-electron chi connectivity index (χ1n) is 7.24. The third-order valence-electron chi connectivity index (χ3n) is 3.51. The van der Waals surface area contributed by atoms with E-state index in [0.717, 1.165) is 61.1 Å². The van der Waals surface area contributed by atoms with Crippen LogP contribution in [0.1, 0.15) is 43.7 Å². The van der Waals surface area contributed by atoms with Gasteiger partial charge in [-0.3, -0.25) is 0 Å². The van der Waals surface area contributed by atoms with Gasteiger partial charge >= 0.3 is 0 Å². The summed E-state index contributed by atoms with van der Waals surface area (Å²) >= 11 is 1.64. The van der Waals surface area contributed by atoms with Gasteiger partial charge in [-0.15, -0.1) is 0 Å². The van der Waals surface area contributed by atoms with E-state index < -0.39 is 0 Å². The number of anilines is 1. The summed E-state index contributed by atoms with van der Waals surface area (Å²) in [4.78, 5) is 8.07. The molecule has 0 spiro atoms. The van der Waals surface area contributed by atoms with Crippen molar-refractivity contribution in [2.45, 2.75) is 52.2 Å². The largest absolute Gasteiger partial charge is 0.391 e. The zero-order chi connectivity index (χ0) is 13.7. The van der Waals surface area contributed by atoms with Crippen molar-refractivity contribution >= 4 is 16.5 Å². The molecule has 0 amide bonds. The van der Waals surface area contributed by atoms with Crippen LogP contribution >= 0.6 is 11.3 Å². The number of hydrogen-bond donors (Lipinski definition) is 1. The minimum atomic E-state index is 0.114. The van der Waals surface area contributed by atoms with Crippen LogP contribution in [0.4, 0.5) is 5.13 Å². The van der Waals surface area contributed by atoms with Crippen LogP contribution in [0, 0.1) is 0 Å². The van der Waals surface area contributed by atoms with Crippen molar-refractivity contribution in [3.8, 4) is 0 Å². The molecule has 0 unspecified atom stereocenters. The summed E-state index contributed by atoms with van der Waals surface area (Å²) in [5.74, 6) is 0. The molecule has 0 aliphatic carbocycles. The molecule has 1 fully saturated rings. The highest BCUT2D eigenvalue weighted by atomic mass is 32.1. The van der Waals surface area contributed by atoms with Gasteiger partial charge in [0.25, 0.3) is 0 Å². The molecule has 0 bridgehead atoms. The van der Waals surface area contributed by atoms with Crippen LogP contribution in [-0.2, 0) is 17.8 Å². The molecule has 5 heteroatoms. The molecule has 0 radical (unpaired) electrons. The van der Waals surface area contributed by atoms with E-state index in [1.165, 1.54) is 0 Å². The summed E-state index contributed by atoms with van der Waals surface area (Å²) in [6.07, 6.45) is 4.59. The number of aryl methyl sites for hydroxylation is 1. The van der Waals surface area contributed by atoms with Crippen LogP contribution in [0.2, 0.25) is 0 Å². The fourth-order valence-electron chi connectivity index (χ4n) is 2.51. The lowest BCUT2D eigenvalue weighted by Gasteiger charge is -2.31. The minimum Gasteiger partial charge on any atom is -0.391 e. The number of thiazole rings is 1. The van der Waals surface area contributed by atoms with E-state index in [1.54, 1.807) is 11.3 Å². The molecule has 1 aliphatic heterocycles. The first-order valence-corrected chi connectivity index (χ1v) is 8.06. The molecule has 1 aromatic heterocycles. The number of aliphatic hydroxyl groups excluding tert-OH is 1. The third kappa shape index (κ3) is 3.68. The molecule has 1 saturated heterocycles. The summed E-state index contributed by atoms with van der Waals surface area (Å²) in [6.45, 7) is 7.13. The average Bonchev–Trinajstić information content (AvgIpc) is 2.84. The SMILES string of the molecule is CCCc1nc(N2CCC(OCC)CC2)sc1CO. The van der Waals surface area contributed by atoms with Crippen molar-refractivity contribution < 1.29 is 9.84 Å². The Bertz CT molecular complexity index is 387. The Morgan fingerprint density at radius 3 is 2.68 bits per heavy atom. The van der Waals surface area contributed by atoms with E-state index in [0.29, 0.717) is 6.10 Å². The highest BCUT2D eigenvalue weighted by Gasteiger charge is 2.22. The lowest BCUT2D eigenvalue weighted by Crippen LogP contribution is -2.37. The number of ether oxygens (including phenoxy) is 1. The summed E-state index contributed by atoms with van der Waals surface area (Å²) in [5, 5.41) is 10.5. The number of piperidine rings is 1. The standard InChI is InChI=1S/C14H24N2O2S/c1-3-5-12-13(10-17)19-14(15-12)16-8-6-11(7-9-16)18-4-2/h11,17H,3-10H2,1-2H3. The maximum absolute atomic E-state index is 9.40. The summed E-state index contributed by atoms with van der Waals surface area (Å²) < 4.78 is 5.67. The van der Waals surface area contributed by atoms with Crippen molar-refractivity contribution in [1.29, 1.82) is 0 Å². The fourth-order valence-corrected chi connectivity index (χ4v) is 3.53. The Labute approximate surface area is 119 Å². The van der Waals surface area contributed by atoms with E-state index in [-0.39, 0.29) is 6.61 Å². The van der Waals surface area contributed by atoms with Gasteiger partial charge in [-0.25, -0.2) is 4.98 Å². The van der Waals surface area contributed by atoms with Gasteiger partial charge in [0.1, 0.15) is 0 Å². The Morgan fingerprint density at radius 2 is 2.11 bits per heavy atom. The number of aromatic nitrogens is 1. The normalized spacial score (nSPS) is 17.1. The first-order chi connectivity index (χ1) is 9.28. The molecule has 2 heterocycles. The van der Waals surface area contributed by atoms with E-state index in [4.69, 9.17) is 9.72 Å². The molecule has 0 atom stereocenters. The van der Waals surface area contributed by atoms with E-state index >= 15 is 0 Å². The van der Waals surface area contributed by atoms with Crippen LogP contribution in [0.5, 0.6) is 0 Å². The molecular weight excluding hydrogens is 260 g/mol. The first kappa shape index (κ1) is 14.8. The zero-order valence-corrected chi connectivity index (χ0v) is 12.7. The smallest absolute Gasteiger partial charge is 0.185 e. The van der Waals surface area contributed by atoms with E-state index in [1.807, 2.05) is 0 Å². The maximum Gasteiger partial charge on any atom is 0.185 e. The third-order valence-corrected chi connectivity index (χ3v) is 4.66. The highest BCUT2D eigenvalue weighted by molar-refractivity contribution is 7.15. The molecule has 19 heavy (non-hydrogen) atoms. The molecule has 108 valence electrons. The van der Waals surface area contributed by atoms with Gasteiger partial charge in [-0.2, -0.15) is 0 Å². The molecular formula is C14H24N2O2S. The number of rotatable bonds is 6. The van der Waals surface area contributed by atoms with Crippen LogP contribution in [0.25, 0.3) is 0 Å². The van der Waals surface area contributed by atoms with E-state index in [2.05, 4.69) is 18.7 Å². The fraction of sp³-hybridized carbons (Fsp3) is 0.786. The number of nitrogens with zero attached hydrogens (tertiary/aromatic N) is 2. The number of hydrogen-bond acceptors (Lipinski definition) is 5. The second kappa shape index (κ2) is 7.22. The van der Waals surface area contributed by atoms with Gasteiger partial charge in [0.05, 0.1) is 23.3 Å². The van der Waals surface area contributed by atoms with Crippen molar-refractivity contribution in [3.63, 3.8) is 0 Å². The maximum atomic E-state index is 9.40. The lowest BCUT2D eigenvalue weighted by atomic mass is 10.1. The van der Waals surface area contributed by atoms with Crippen molar-refractivity contribution in [2.24, 2.45) is 0 Å². The van der Waals surface area contributed by atoms with Gasteiger partial charge in [0, 0.05) is 19.7 Å². The molecule has 1 N–H and O–H groups in total. The number of aliphatic hydroxyl groups is 1. The molecule has 4 nitrogen and oxygen atoms in total. The molecule has 0 aromatic carbocycles. The van der Waals surface area contributed by atoms with Gasteiger partial charge in [-0.1, -0.05) is 24.7 Å². The summed E-state index contributed by atoms with van der Waals surface area (Å²) in [7, 11) is 0. The van der Waals surface area contributed by atoms with Gasteiger partial charge < -0.3 is 14.7 Å². The Morgan fingerprint density at radius 1 is 1.37 bits per heavy atom. The van der Waals surface area contributed by atoms with Crippen molar-refractivity contribution in [3.05, 3.63) is 10.6 Å². The van der Waals surface area contributed by atoms with Gasteiger partial charge in [0.15, 0.2) is 5.13 Å². The van der Waals surface area contributed by atoms with Crippen molar-refractivity contribution in [1.82, 2.24) is 4.98 Å². The average molecular weight is 284 g/mol. The summed E-state index contributed by atoms with van der Waals surface area (Å²) in [6, 6.07) is 0. The van der Waals surface area contributed by atoms with E-state index in [9.17, 15) is 5.11 Å². The highest BCUT2D eigenvalue weighted by Crippen LogP contribution is 2.29.